The molecule has 0 spiro atoms. The van der Waals surface area contributed by atoms with Crippen LogP contribution in [0.2, 0.25) is 10.0 Å². The van der Waals surface area contributed by atoms with Crippen LogP contribution < -0.4 is 0 Å². The van der Waals surface area contributed by atoms with E-state index in [2.05, 4.69) is 0 Å². The summed E-state index contributed by atoms with van der Waals surface area (Å²) in [4.78, 5) is 10.8. The highest BCUT2D eigenvalue weighted by molar-refractivity contribution is 8.13. The molecule has 1 aromatic rings. The molecule has 0 unspecified atom stereocenters. The molecule has 15 heavy (non-hydrogen) atoms. The zero-order valence-corrected chi connectivity index (χ0v) is 10.5. The van der Waals surface area contributed by atoms with Crippen LogP contribution in [0.25, 0.3) is 0 Å². The van der Waals surface area contributed by atoms with Gasteiger partial charge in [-0.1, -0.05) is 23.2 Å². The molecule has 0 aromatic heterocycles. The Hall–Kier alpha value is -0.290. The van der Waals surface area contributed by atoms with Crippen LogP contribution in [0.4, 0.5) is 0 Å². The SMILES string of the molecule is CC(=O)c1cc(S(=O)(=O)Cl)c(Cl)cc1Cl. The maximum absolute atomic E-state index is 11.1. The van der Waals surface area contributed by atoms with Crippen LogP contribution in [0.15, 0.2) is 17.0 Å². The first-order valence-electron chi connectivity index (χ1n) is 3.68. The summed E-state index contributed by atoms with van der Waals surface area (Å²) in [5, 5.41) is -0.0171. The third kappa shape index (κ3) is 2.84. The molecule has 0 saturated heterocycles. The van der Waals surface area contributed by atoms with Crippen LogP contribution >= 0.6 is 33.9 Å². The van der Waals surface area contributed by atoms with Gasteiger partial charge in [-0.2, -0.15) is 0 Å². The molecule has 0 atom stereocenters. The monoisotopic (exact) mass is 286 g/mol. The summed E-state index contributed by atoms with van der Waals surface area (Å²) in [5.41, 5.74) is 0.0697. The van der Waals surface area contributed by atoms with Crippen molar-refractivity contribution in [2.45, 2.75) is 11.8 Å². The summed E-state index contributed by atoms with van der Waals surface area (Å²) in [7, 11) is 1.15. The number of hydrogen-bond donors (Lipinski definition) is 0. The molecule has 82 valence electrons. The van der Waals surface area contributed by atoms with E-state index in [0.29, 0.717) is 0 Å². The van der Waals surface area contributed by atoms with Crippen LogP contribution in [0, 0.1) is 0 Å². The van der Waals surface area contributed by atoms with Gasteiger partial charge in [0, 0.05) is 16.2 Å². The van der Waals surface area contributed by atoms with Crippen molar-refractivity contribution < 1.29 is 13.2 Å². The van der Waals surface area contributed by atoms with Crippen LogP contribution in [0.1, 0.15) is 17.3 Å². The molecule has 0 aliphatic carbocycles. The lowest BCUT2D eigenvalue weighted by Crippen LogP contribution is -1.99. The fourth-order valence-corrected chi connectivity index (χ4v) is 2.86. The second-order valence-corrected chi connectivity index (χ2v) is 6.11. The van der Waals surface area contributed by atoms with Crippen molar-refractivity contribution in [3.8, 4) is 0 Å². The van der Waals surface area contributed by atoms with E-state index in [0.717, 1.165) is 6.07 Å². The molecular formula is C8H5Cl3O3S. The Bertz CT molecular complexity index is 522. The fourth-order valence-electron chi connectivity index (χ4n) is 0.986. The van der Waals surface area contributed by atoms with E-state index in [4.69, 9.17) is 33.9 Å². The summed E-state index contributed by atoms with van der Waals surface area (Å²) in [6, 6.07) is 2.24. The second-order valence-electron chi connectivity index (χ2n) is 2.76. The minimum Gasteiger partial charge on any atom is -0.294 e. The second kappa shape index (κ2) is 4.29. The maximum atomic E-state index is 11.1. The van der Waals surface area contributed by atoms with Crippen molar-refractivity contribution >= 4 is 48.7 Å². The molecule has 0 radical (unpaired) electrons. The van der Waals surface area contributed by atoms with E-state index in [1.807, 2.05) is 0 Å². The molecule has 3 nitrogen and oxygen atoms in total. The highest BCUT2D eigenvalue weighted by Gasteiger charge is 2.19. The van der Waals surface area contributed by atoms with Gasteiger partial charge >= 0.3 is 0 Å². The predicted molar refractivity (Wildman–Crippen MR) is 59.5 cm³/mol. The first-order valence-corrected chi connectivity index (χ1v) is 6.74. The van der Waals surface area contributed by atoms with Crippen molar-refractivity contribution in [1.82, 2.24) is 0 Å². The quantitative estimate of drug-likeness (QED) is 0.620. The van der Waals surface area contributed by atoms with Crippen molar-refractivity contribution in [1.29, 1.82) is 0 Å². The highest BCUT2D eigenvalue weighted by Crippen LogP contribution is 2.30. The Morgan fingerprint density at radius 3 is 2.13 bits per heavy atom. The van der Waals surface area contributed by atoms with E-state index in [9.17, 15) is 13.2 Å². The van der Waals surface area contributed by atoms with E-state index in [1.54, 1.807) is 0 Å². The van der Waals surface area contributed by atoms with Crippen LogP contribution in [-0.2, 0) is 9.05 Å². The minimum atomic E-state index is -3.98. The predicted octanol–water partition coefficient (Wildman–Crippen LogP) is 3.12. The van der Waals surface area contributed by atoms with Crippen molar-refractivity contribution in [2.75, 3.05) is 0 Å². The number of carbonyl (C=O) groups excluding carboxylic acids is 1. The maximum Gasteiger partial charge on any atom is 0.262 e. The van der Waals surface area contributed by atoms with Crippen molar-refractivity contribution in [3.05, 3.63) is 27.7 Å². The summed E-state index contributed by atoms with van der Waals surface area (Å²) >= 11 is 11.3. The third-order valence-corrected chi connectivity index (χ3v) is 3.76. The van der Waals surface area contributed by atoms with Gasteiger partial charge in [-0.3, -0.25) is 4.79 Å². The number of ketones is 1. The lowest BCUT2D eigenvalue weighted by molar-refractivity contribution is 0.101. The summed E-state index contributed by atoms with van der Waals surface area (Å²) in [6.07, 6.45) is 0. The molecule has 1 rings (SSSR count). The van der Waals surface area contributed by atoms with Gasteiger partial charge in [-0.25, -0.2) is 8.42 Å². The molecular weight excluding hydrogens is 283 g/mol. The van der Waals surface area contributed by atoms with Crippen molar-refractivity contribution in [3.63, 3.8) is 0 Å². The summed E-state index contributed by atoms with van der Waals surface area (Å²) < 4.78 is 22.1. The van der Waals surface area contributed by atoms with Crippen molar-refractivity contribution in [2.24, 2.45) is 0 Å². The van der Waals surface area contributed by atoms with Gasteiger partial charge in [0.1, 0.15) is 4.90 Å². The lowest BCUT2D eigenvalue weighted by atomic mass is 10.1. The number of benzene rings is 1. The Morgan fingerprint density at radius 1 is 1.20 bits per heavy atom. The van der Waals surface area contributed by atoms with E-state index < -0.39 is 9.05 Å². The van der Waals surface area contributed by atoms with Crippen LogP contribution in [0.5, 0.6) is 0 Å². The van der Waals surface area contributed by atoms with E-state index in [1.165, 1.54) is 13.0 Å². The standard InChI is InChI=1S/C8H5Cl3O3S/c1-4(12)5-2-8(15(11,13)14)7(10)3-6(5)9/h2-3H,1H3. The molecule has 0 aliphatic heterocycles. The topological polar surface area (TPSA) is 51.2 Å². The summed E-state index contributed by atoms with van der Waals surface area (Å²) in [6.45, 7) is 1.26. The third-order valence-electron chi connectivity index (χ3n) is 1.66. The van der Waals surface area contributed by atoms with Gasteiger partial charge in [0.25, 0.3) is 9.05 Å². The Kier molecular flexibility index (Phi) is 3.66. The first kappa shape index (κ1) is 12.8. The number of carbonyl (C=O) groups is 1. The lowest BCUT2D eigenvalue weighted by Gasteiger charge is -2.04. The van der Waals surface area contributed by atoms with E-state index in [-0.39, 0.29) is 26.3 Å². The molecule has 0 saturated carbocycles. The fraction of sp³-hybridized carbons (Fsp3) is 0.125. The van der Waals surface area contributed by atoms with Gasteiger partial charge in [0.2, 0.25) is 0 Å². The number of halogens is 3. The molecule has 7 heteroatoms. The number of hydrogen-bond acceptors (Lipinski definition) is 3. The molecule has 0 fully saturated rings. The smallest absolute Gasteiger partial charge is 0.262 e. The number of Topliss-reactive ketones (excluding diaryl/α,β-unsaturated/α-hetero) is 1. The van der Waals surface area contributed by atoms with Gasteiger partial charge in [-0.15, -0.1) is 0 Å². The van der Waals surface area contributed by atoms with Gasteiger partial charge in [0.15, 0.2) is 5.78 Å². The molecule has 1 aromatic carbocycles. The van der Waals surface area contributed by atoms with Gasteiger partial charge in [0.05, 0.1) is 10.0 Å². The average Bonchev–Trinajstić information content (AvgIpc) is 2.00. The molecule has 0 bridgehead atoms. The Labute approximate surface area is 101 Å². The van der Waals surface area contributed by atoms with Gasteiger partial charge < -0.3 is 0 Å². The summed E-state index contributed by atoms with van der Waals surface area (Å²) in [5.74, 6) is -0.363. The average molecular weight is 288 g/mol. The van der Waals surface area contributed by atoms with Crippen LogP contribution in [-0.4, -0.2) is 14.2 Å². The van der Waals surface area contributed by atoms with E-state index >= 15 is 0 Å². The van der Waals surface area contributed by atoms with Gasteiger partial charge in [-0.05, 0) is 19.1 Å². The minimum absolute atomic E-state index is 0.0697. The van der Waals surface area contributed by atoms with Crippen LogP contribution in [0.3, 0.4) is 0 Å². The molecule has 0 amide bonds. The number of rotatable bonds is 2. The first-order chi connectivity index (χ1) is 6.73. The normalized spacial score (nSPS) is 11.5. The Morgan fingerprint density at radius 2 is 1.73 bits per heavy atom. The zero-order valence-electron chi connectivity index (χ0n) is 7.42. The molecule has 0 aliphatic rings. The largest absolute Gasteiger partial charge is 0.294 e. The Balaban J connectivity index is 3.58. The molecule has 0 N–H and O–H groups in total. The highest BCUT2D eigenvalue weighted by atomic mass is 35.7. The molecule has 0 heterocycles. The zero-order chi connectivity index (χ0) is 11.8.